The van der Waals surface area contributed by atoms with Crippen molar-refractivity contribution in [2.24, 2.45) is 5.92 Å². The van der Waals surface area contributed by atoms with Gasteiger partial charge in [-0.2, -0.15) is 0 Å². The standard InChI is InChI=1S/C16H25NO/c1-4-12-18-15-8-6-14(7-9-15)16(13(2)3)10-5-11-17-16/h6-9,13,17H,4-5,10-12H2,1-3H3. The maximum atomic E-state index is 5.65. The Morgan fingerprint density at radius 1 is 1.28 bits per heavy atom. The first kappa shape index (κ1) is 13.4. The van der Waals surface area contributed by atoms with Crippen LogP contribution in [0.4, 0.5) is 0 Å². The largest absolute Gasteiger partial charge is 0.494 e. The molecule has 2 rings (SSSR count). The first-order valence-electron chi connectivity index (χ1n) is 7.17. The van der Waals surface area contributed by atoms with Crippen molar-refractivity contribution in [3.8, 4) is 5.75 Å². The molecule has 0 aromatic heterocycles. The zero-order valence-corrected chi connectivity index (χ0v) is 11.8. The van der Waals surface area contributed by atoms with Gasteiger partial charge in [0.2, 0.25) is 0 Å². The van der Waals surface area contributed by atoms with E-state index in [9.17, 15) is 0 Å². The van der Waals surface area contributed by atoms with Crippen LogP contribution in [-0.2, 0) is 5.54 Å². The Morgan fingerprint density at radius 2 is 2.00 bits per heavy atom. The molecule has 1 N–H and O–H groups in total. The molecule has 1 aromatic rings. The molecule has 0 amide bonds. The van der Waals surface area contributed by atoms with Crippen LogP contribution in [0.3, 0.4) is 0 Å². The third-order valence-electron chi connectivity index (χ3n) is 4.02. The summed E-state index contributed by atoms with van der Waals surface area (Å²) < 4.78 is 5.65. The Hall–Kier alpha value is -1.02. The predicted octanol–water partition coefficient (Wildman–Crippen LogP) is 3.71. The van der Waals surface area contributed by atoms with Crippen molar-refractivity contribution in [3.05, 3.63) is 29.8 Å². The van der Waals surface area contributed by atoms with E-state index in [4.69, 9.17) is 4.74 Å². The number of rotatable bonds is 5. The Labute approximate surface area is 111 Å². The summed E-state index contributed by atoms with van der Waals surface area (Å²) in [6.45, 7) is 8.67. The van der Waals surface area contributed by atoms with Crippen molar-refractivity contribution in [1.82, 2.24) is 5.32 Å². The molecule has 2 heteroatoms. The van der Waals surface area contributed by atoms with E-state index in [1.807, 2.05) is 0 Å². The Balaban J connectivity index is 2.17. The van der Waals surface area contributed by atoms with Crippen LogP contribution in [0.5, 0.6) is 5.75 Å². The average Bonchev–Trinajstić information content (AvgIpc) is 2.87. The van der Waals surface area contributed by atoms with Gasteiger partial charge in [-0.15, -0.1) is 0 Å². The van der Waals surface area contributed by atoms with Crippen molar-refractivity contribution in [1.29, 1.82) is 0 Å². The smallest absolute Gasteiger partial charge is 0.119 e. The highest BCUT2D eigenvalue weighted by Gasteiger charge is 2.37. The van der Waals surface area contributed by atoms with Gasteiger partial charge >= 0.3 is 0 Å². The monoisotopic (exact) mass is 247 g/mol. The summed E-state index contributed by atoms with van der Waals surface area (Å²) in [4.78, 5) is 0. The number of nitrogens with one attached hydrogen (secondary N) is 1. The van der Waals surface area contributed by atoms with E-state index in [-0.39, 0.29) is 5.54 Å². The average molecular weight is 247 g/mol. The quantitative estimate of drug-likeness (QED) is 0.856. The lowest BCUT2D eigenvalue weighted by atomic mass is 9.79. The minimum atomic E-state index is 0.170. The normalized spacial score (nSPS) is 23.6. The van der Waals surface area contributed by atoms with Crippen LogP contribution in [-0.4, -0.2) is 13.2 Å². The van der Waals surface area contributed by atoms with E-state index in [0.29, 0.717) is 5.92 Å². The van der Waals surface area contributed by atoms with Gasteiger partial charge in [0.1, 0.15) is 5.75 Å². The summed E-state index contributed by atoms with van der Waals surface area (Å²) in [7, 11) is 0. The van der Waals surface area contributed by atoms with Crippen LogP contribution in [0, 0.1) is 5.92 Å². The number of benzene rings is 1. The minimum Gasteiger partial charge on any atom is -0.494 e. The molecule has 1 aliphatic rings. The van der Waals surface area contributed by atoms with Gasteiger partial charge in [-0.3, -0.25) is 0 Å². The maximum absolute atomic E-state index is 5.65. The van der Waals surface area contributed by atoms with E-state index < -0.39 is 0 Å². The lowest BCUT2D eigenvalue weighted by Gasteiger charge is -2.34. The summed E-state index contributed by atoms with van der Waals surface area (Å²) in [6, 6.07) is 8.66. The molecule has 1 heterocycles. The Bertz CT molecular complexity index is 363. The highest BCUT2D eigenvalue weighted by atomic mass is 16.5. The fraction of sp³-hybridized carbons (Fsp3) is 0.625. The van der Waals surface area contributed by atoms with Crippen molar-refractivity contribution >= 4 is 0 Å². The van der Waals surface area contributed by atoms with E-state index >= 15 is 0 Å². The fourth-order valence-corrected chi connectivity index (χ4v) is 2.91. The molecule has 1 aliphatic heterocycles. The summed E-state index contributed by atoms with van der Waals surface area (Å²) >= 11 is 0. The Kier molecular flexibility index (Phi) is 4.28. The maximum Gasteiger partial charge on any atom is 0.119 e. The van der Waals surface area contributed by atoms with Crippen molar-refractivity contribution in [2.75, 3.05) is 13.2 Å². The van der Waals surface area contributed by atoms with Gasteiger partial charge in [0.25, 0.3) is 0 Å². The summed E-state index contributed by atoms with van der Waals surface area (Å²) in [5.74, 6) is 1.60. The van der Waals surface area contributed by atoms with Gasteiger partial charge in [0.05, 0.1) is 6.61 Å². The zero-order chi connectivity index (χ0) is 13.0. The highest BCUT2D eigenvalue weighted by molar-refractivity contribution is 5.33. The molecule has 0 radical (unpaired) electrons. The first-order valence-corrected chi connectivity index (χ1v) is 7.17. The van der Waals surface area contributed by atoms with Crippen LogP contribution in [0.15, 0.2) is 24.3 Å². The summed E-state index contributed by atoms with van der Waals surface area (Å²) in [5, 5.41) is 3.71. The van der Waals surface area contributed by atoms with Gasteiger partial charge < -0.3 is 10.1 Å². The zero-order valence-electron chi connectivity index (χ0n) is 11.8. The molecule has 1 fully saturated rings. The molecular formula is C16H25NO. The molecule has 1 unspecified atom stereocenters. The molecule has 2 nitrogen and oxygen atoms in total. The molecule has 1 atom stereocenters. The second kappa shape index (κ2) is 5.75. The van der Waals surface area contributed by atoms with Gasteiger partial charge in [0.15, 0.2) is 0 Å². The van der Waals surface area contributed by atoms with Crippen LogP contribution < -0.4 is 10.1 Å². The fourth-order valence-electron chi connectivity index (χ4n) is 2.91. The number of ether oxygens (including phenoxy) is 1. The van der Waals surface area contributed by atoms with Crippen molar-refractivity contribution in [3.63, 3.8) is 0 Å². The Morgan fingerprint density at radius 3 is 2.50 bits per heavy atom. The molecule has 0 aliphatic carbocycles. The molecule has 0 spiro atoms. The van der Waals surface area contributed by atoms with Crippen molar-refractivity contribution in [2.45, 2.75) is 45.6 Å². The lowest BCUT2D eigenvalue weighted by molar-refractivity contribution is 0.276. The van der Waals surface area contributed by atoms with Crippen LogP contribution in [0.2, 0.25) is 0 Å². The molecule has 1 saturated heterocycles. The molecule has 18 heavy (non-hydrogen) atoms. The topological polar surface area (TPSA) is 21.3 Å². The van der Waals surface area contributed by atoms with Crippen LogP contribution in [0.25, 0.3) is 0 Å². The van der Waals surface area contributed by atoms with Crippen LogP contribution >= 0.6 is 0 Å². The highest BCUT2D eigenvalue weighted by Crippen LogP contribution is 2.38. The van der Waals surface area contributed by atoms with E-state index in [0.717, 1.165) is 25.3 Å². The predicted molar refractivity (Wildman–Crippen MR) is 76.0 cm³/mol. The molecule has 1 aromatic carbocycles. The summed E-state index contributed by atoms with van der Waals surface area (Å²) in [6.07, 6.45) is 3.56. The first-order chi connectivity index (χ1) is 8.69. The number of hydrogen-bond acceptors (Lipinski definition) is 2. The van der Waals surface area contributed by atoms with Gasteiger partial charge in [-0.05, 0) is 49.4 Å². The third-order valence-corrected chi connectivity index (χ3v) is 4.02. The molecule has 0 saturated carbocycles. The molecular weight excluding hydrogens is 222 g/mol. The molecule has 0 bridgehead atoms. The van der Waals surface area contributed by atoms with E-state index in [2.05, 4.69) is 50.4 Å². The van der Waals surface area contributed by atoms with Gasteiger partial charge in [-0.1, -0.05) is 32.9 Å². The van der Waals surface area contributed by atoms with Gasteiger partial charge in [-0.25, -0.2) is 0 Å². The summed E-state index contributed by atoms with van der Waals surface area (Å²) in [5.41, 5.74) is 1.57. The second-order valence-corrected chi connectivity index (χ2v) is 5.53. The van der Waals surface area contributed by atoms with E-state index in [1.54, 1.807) is 0 Å². The molecule has 100 valence electrons. The third kappa shape index (κ3) is 2.54. The van der Waals surface area contributed by atoms with Crippen molar-refractivity contribution < 1.29 is 4.74 Å². The van der Waals surface area contributed by atoms with Gasteiger partial charge in [0, 0.05) is 5.54 Å². The number of hydrogen-bond donors (Lipinski definition) is 1. The SMILES string of the molecule is CCCOc1ccc(C2(C(C)C)CCCN2)cc1. The van der Waals surface area contributed by atoms with E-state index in [1.165, 1.54) is 18.4 Å². The van der Waals surface area contributed by atoms with Crippen LogP contribution in [0.1, 0.15) is 45.6 Å². The second-order valence-electron chi connectivity index (χ2n) is 5.53. The minimum absolute atomic E-state index is 0.170. The lowest BCUT2D eigenvalue weighted by Crippen LogP contribution is -2.41.